The molecule has 164 valence electrons. The van der Waals surface area contributed by atoms with E-state index in [1.165, 1.54) is 133 Å². The van der Waals surface area contributed by atoms with Crippen LogP contribution in [-0.4, -0.2) is 31.7 Å². The predicted octanol–water partition coefficient (Wildman–Crippen LogP) is 8.76. The van der Waals surface area contributed by atoms with E-state index in [1.54, 1.807) is 0 Å². The van der Waals surface area contributed by atoms with E-state index in [1.807, 2.05) is 0 Å². The Hall–Kier alpha value is -0.0400. The van der Waals surface area contributed by atoms with E-state index in [0.717, 1.165) is 5.92 Å². The molecule has 0 aliphatic rings. The van der Waals surface area contributed by atoms with Crippen molar-refractivity contribution in [2.24, 2.45) is 5.92 Å². The van der Waals surface area contributed by atoms with Gasteiger partial charge in [-0.3, -0.25) is 0 Å². The topological polar surface area (TPSA) is 0 Å². The molecule has 0 amide bonds. The number of nitrogens with zero attached hydrogens (tertiary/aromatic N) is 1. The van der Waals surface area contributed by atoms with Gasteiger partial charge in [0.1, 0.15) is 0 Å². The lowest BCUT2D eigenvalue weighted by Crippen LogP contribution is -2.44. The van der Waals surface area contributed by atoms with Crippen molar-refractivity contribution in [1.29, 1.82) is 0 Å². The summed E-state index contributed by atoms with van der Waals surface area (Å²) in [7, 11) is 4.87. The third kappa shape index (κ3) is 19.1. The summed E-state index contributed by atoms with van der Waals surface area (Å²) in [4.78, 5) is 0. The lowest BCUT2D eigenvalue weighted by Gasteiger charge is -2.33. The van der Waals surface area contributed by atoms with Crippen LogP contribution in [0.3, 0.4) is 0 Å². The molecule has 0 saturated heterocycles. The van der Waals surface area contributed by atoms with Crippen LogP contribution in [0.5, 0.6) is 0 Å². The highest BCUT2D eigenvalue weighted by molar-refractivity contribution is 4.54. The Labute approximate surface area is 174 Å². The summed E-state index contributed by atoms with van der Waals surface area (Å²) in [5, 5.41) is 0. The van der Waals surface area contributed by atoms with Crippen LogP contribution in [0.4, 0.5) is 0 Å². The average Bonchev–Trinajstić information content (AvgIpc) is 2.65. The Balaban J connectivity index is 3.29. The van der Waals surface area contributed by atoms with Gasteiger partial charge in [-0.1, -0.05) is 111 Å². The fourth-order valence-corrected chi connectivity index (χ4v) is 4.43. The van der Waals surface area contributed by atoms with Crippen LogP contribution in [0.25, 0.3) is 0 Å². The second-order valence-electron chi connectivity index (χ2n) is 9.83. The number of rotatable bonds is 21. The molecule has 0 heterocycles. The summed E-state index contributed by atoms with van der Waals surface area (Å²) in [5.74, 6) is 0.918. The van der Waals surface area contributed by atoms with Gasteiger partial charge in [-0.05, 0) is 25.7 Å². The summed E-state index contributed by atoms with van der Waals surface area (Å²) in [6, 6.07) is 0. The van der Waals surface area contributed by atoms with Crippen LogP contribution in [-0.2, 0) is 0 Å². The van der Waals surface area contributed by atoms with E-state index in [-0.39, 0.29) is 0 Å². The molecule has 0 fully saturated rings. The Morgan fingerprint density at radius 1 is 0.481 bits per heavy atom. The Kier molecular flexibility index (Phi) is 19.3. The molecule has 0 aromatic heterocycles. The molecule has 1 nitrogen and oxygen atoms in total. The number of unbranched alkanes of at least 4 members (excludes halogenated alkanes) is 15. The lowest BCUT2D eigenvalue weighted by molar-refractivity contribution is -0.894. The predicted molar refractivity (Wildman–Crippen MR) is 125 cm³/mol. The van der Waals surface area contributed by atoms with Crippen molar-refractivity contribution in [2.75, 3.05) is 27.2 Å². The Morgan fingerprint density at radius 2 is 0.815 bits per heavy atom. The van der Waals surface area contributed by atoms with Crippen molar-refractivity contribution in [1.82, 2.24) is 0 Å². The molecule has 0 atom stereocenters. The summed E-state index contributed by atoms with van der Waals surface area (Å²) < 4.78 is 1.23. The molecule has 0 saturated carbocycles. The van der Waals surface area contributed by atoms with Crippen LogP contribution in [0.15, 0.2) is 0 Å². The molecule has 0 spiro atoms. The van der Waals surface area contributed by atoms with Gasteiger partial charge in [0, 0.05) is 5.92 Å². The van der Waals surface area contributed by atoms with Gasteiger partial charge in [0.15, 0.2) is 0 Å². The highest BCUT2D eigenvalue weighted by atomic mass is 15.3. The third-order valence-corrected chi connectivity index (χ3v) is 6.52. The minimum Gasteiger partial charge on any atom is -0.328 e. The zero-order valence-corrected chi connectivity index (χ0v) is 20.2. The molecule has 0 unspecified atom stereocenters. The summed E-state index contributed by atoms with van der Waals surface area (Å²) in [5.41, 5.74) is 0. The molecule has 0 aromatic rings. The minimum atomic E-state index is 0.918. The quantitative estimate of drug-likeness (QED) is 0.137. The summed E-state index contributed by atoms with van der Waals surface area (Å²) >= 11 is 0. The first kappa shape index (κ1) is 27.0. The maximum Gasteiger partial charge on any atom is 0.0810 e. The SMILES string of the molecule is CCCCCCCCCCCCCCCCCC[N+](C)(C)CC(CC)CC. The van der Waals surface area contributed by atoms with Crippen molar-refractivity contribution in [3.63, 3.8) is 0 Å². The normalized spacial score (nSPS) is 12.2. The van der Waals surface area contributed by atoms with Gasteiger partial charge >= 0.3 is 0 Å². The first-order valence-corrected chi connectivity index (χ1v) is 12.9. The van der Waals surface area contributed by atoms with Gasteiger partial charge in [0.25, 0.3) is 0 Å². The number of hydrogen-bond donors (Lipinski definition) is 0. The molecule has 0 radical (unpaired) electrons. The van der Waals surface area contributed by atoms with Gasteiger partial charge in [0.05, 0.1) is 27.2 Å². The maximum absolute atomic E-state index is 2.43. The molecule has 0 aliphatic heterocycles. The van der Waals surface area contributed by atoms with E-state index < -0.39 is 0 Å². The number of quaternary nitrogens is 1. The van der Waals surface area contributed by atoms with Crippen molar-refractivity contribution in [3.05, 3.63) is 0 Å². The minimum absolute atomic E-state index is 0.918. The van der Waals surface area contributed by atoms with Crippen molar-refractivity contribution < 1.29 is 4.48 Å². The van der Waals surface area contributed by atoms with E-state index in [9.17, 15) is 0 Å². The van der Waals surface area contributed by atoms with Crippen molar-refractivity contribution in [3.8, 4) is 0 Å². The average molecular weight is 383 g/mol. The molecule has 0 aliphatic carbocycles. The van der Waals surface area contributed by atoms with Gasteiger partial charge in [-0.25, -0.2) is 0 Å². The molecule has 27 heavy (non-hydrogen) atoms. The summed E-state index contributed by atoms with van der Waals surface area (Å²) in [6.07, 6.45) is 26.1. The van der Waals surface area contributed by atoms with Crippen molar-refractivity contribution in [2.45, 2.75) is 136 Å². The first-order chi connectivity index (χ1) is 13.1. The van der Waals surface area contributed by atoms with E-state index in [4.69, 9.17) is 0 Å². The van der Waals surface area contributed by atoms with Crippen LogP contribution in [0.2, 0.25) is 0 Å². The Bertz CT molecular complexity index is 280. The molecular formula is C26H56N+. The van der Waals surface area contributed by atoms with Gasteiger partial charge in [-0.15, -0.1) is 0 Å². The molecule has 0 bridgehead atoms. The fourth-order valence-electron chi connectivity index (χ4n) is 4.43. The first-order valence-electron chi connectivity index (χ1n) is 12.9. The standard InChI is InChI=1S/C26H56N/c1-6-9-10-11-12-13-14-15-16-17-18-19-20-21-22-23-24-27(4,5)25-26(7-2)8-3/h26H,6-25H2,1-5H3/q+1. The smallest absolute Gasteiger partial charge is 0.0810 e. The largest absolute Gasteiger partial charge is 0.328 e. The second-order valence-corrected chi connectivity index (χ2v) is 9.83. The maximum atomic E-state index is 2.43. The van der Waals surface area contributed by atoms with Gasteiger partial charge in [0.2, 0.25) is 0 Å². The lowest BCUT2D eigenvalue weighted by atomic mass is 10.0. The summed E-state index contributed by atoms with van der Waals surface area (Å²) in [6.45, 7) is 9.74. The van der Waals surface area contributed by atoms with Crippen LogP contribution in [0.1, 0.15) is 136 Å². The monoisotopic (exact) mass is 382 g/mol. The van der Waals surface area contributed by atoms with E-state index >= 15 is 0 Å². The molecular weight excluding hydrogens is 326 g/mol. The zero-order valence-electron chi connectivity index (χ0n) is 20.2. The van der Waals surface area contributed by atoms with Gasteiger partial charge < -0.3 is 4.48 Å². The Morgan fingerprint density at radius 3 is 1.15 bits per heavy atom. The van der Waals surface area contributed by atoms with Gasteiger partial charge in [-0.2, -0.15) is 0 Å². The van der Waals surface area contributed by atoms with E-state index in [2.05, 4.69) is 34.9 Å². The molecule has 1 heteroatoms. The second kappa shape index (κ2) is 19.3. The molecule has 0 aromatic carbocycles. The van der Waals surface area contributed by atoms with Crippen LogP contribution in [0, 0.1) is 5.92 Å². The van der Waals surface area contributed by atoms with Crippen LogP contribution >= 0.6 is 0 Å². The molecule has 0 N–H and O–H groups in total. The molecule has 0 rings (SSSR count). The zero-order chi connectivity index (χ0) is 20.2. The highest BCUT2D eigenvalue weighted by Crippen LogP contribution is 2.16. The van der Waals surface area contributed by atoms with Crippen LogP contribution < -0.4 is 0 Å². The number of hydrogen-bond acceptors (Lipinski definition) is 0. The van der Waals surface area contributed by atoms with Crippen molar-refractivity contribution >= 4 is 0 Å². The third-order valence-electron chi connectivity index (χ3n) is 6.52. The van der Waals surface area contributed by atoms with E-state index in [0.29, 0.717) is 0 Å². The fraction of sp³-hybridized carbons (Fsp3) is 1.00. The highest BCUT2D eigenvalue weighted by Gasteiger charge is 2.19.